The molecule has 1 unspecified atom stereocenters. The maximum absolute atomic E-state index is 13.4. The number of anilines is 1. The SMILES string of the molecule is CC(Cc1cncs1)(NC(=O)O)C1CCN(c2ccc3cc(F)ccc3n2)CC1. The van der Waals surface area contributed by atoms with Gasteiger partial charge in [0.25, 0.3) is 0 Å². The highest BCUT2D eigenvalue weighted by molar-refractivity contribution is 7.09. The van der Waals surface area contributed by atoms with E-state index in [2.05, 4.69) is 20.2 Å². The van der Waals surface area contributed by atoms with Crippen molar-refractivity contribution in [1.82, 2.24) is 15.3 Å². The number of hydrogen-bond donors (Lipinski definition) is 2. The van der Waals surface area contributed by atoms with E-state index in [0.717, 1.165) is 47.5 Å². The Labute approximate surface area is 172 Å². The summed E-state index contributed by atoms with van der Waals surface area (Å²) in [6.07, 6.45) is 3.16. The first-order chi connectivity index (χ1) is 13.9. The van der Waals surface area contributed by atoms with Crippen molar-refractivity contribution >= 4 is 34.2 Å². The van der Waals surface area contributed by atoms with E-state index < -0.39 is 11.6 Å². The number of rotatable bonds is 5. The van der Waals surface area contributed by atoms with E-state index in [1.807, 2.05) is 25.3 Å². The Bertz CT molecular complexity index is 1010. The van der Waals surface area contributed by atoms with E-state index in [1.165, 1.54) is 12.1 Å². The van der Waals surface area contributed by atoms with Crippen LogP contribution < -0.4 is 10.2 Å². The van der Waals surface area contributed by atoms with Gasteiger partial charge >= 0.3 is 6.09 Å². The van der Waals surface area contributed by atoms with Gasteiger partial charge in [0, 0.05) is 41.5 Å². The number of pyridine rings is 1. The van der Waals surface area contributed by atoms with Crippen molar-refractivity contribution in [2.24, 2.45) is 5.92 Å². The van der Waals surface area contributed by atoms with Crippen LogP contribution in [-0.2, 0) is 6.42 Å². The third-order valence-electron chi connectivity index (χ3n) is 5.77. The number of nitrogens with one attached hydrogen (secondary N) is 1. The number of amides is 1. The largest absolute Gasteiger partial charge is 0.465 e. The number of carboxylic acid groups (broad SMARTS) is 1. The van der Waals surface area contributed by atoms with Crippen LogP contribution in [0.4, 0.5) is 15.0 Å². The second-order valence-corrected chi connectivity index (χ2v) is 8.73. The van der Waals surface area contributed by atoms with Crippen molar-refractivity contribution < 1.29 is 14.3 Å². The first-order valence-electron chi connectivity index (χ1n) is 9.63. The van der Waals surface area contributed by atoms with E-state index in [4.69, 9.17) is 0 Å². The predicted octanol–water partition coefficient (Wildman–Crippen LogP) is 4.32. The first kappa shape index (κ1) is 19.6. The van der Waals surface area contributed by atoms with Gasteiger partial charge in [-0.2, -0.15) is 0 Å². The van der Waals surface area contributed by atoms with Gasteiger partial charge in [-0.15, -0.1) is 11.3 Å². The molecule has 0 saturated carbocycles. The average molecular weight is 415 g/mol. The quantitative estimate of drug-likeness (QED) is 0.650. The number of carbonyl (C=O) groups is 1. The number of thiazole rings is 1. The van der Waals surface area contributed by atoms with Crippen molar-refractivity contribution in [2.45, 2.75) is 31.7 Å². The van der Waals surface area contributed by atoms with Crippen LogP contribution >= 0.6 is 11.3 Å². The molecule has 1 saturated heterocycles. The number of halogens is 1. The fourth-order valence-electron chi connectivity index (χ4n) is 4.23. The molecule has 1 aromatic carbocycles. The summed E-state index contributed by atoms with van der Waals surface area (Å²) in [4.78, 5) is 23.5. The Hall–Kier alpha value is -2.74. The zero-order valence-corrected chi connectivity index (χ0v) is 17.0. The molecule has 3 aromatic rings. The average Bonchev–Trinajstić information content (AvgIpc) is 3.19. The third-order valence-corrected chi connectivity index (χ3v) is 6.55. The number of aromatic nitrogens is 2. The van der Waals surface area contributed by atoms with Gasteiger partial charge in [-0.1, -0.05) is 0 Å². The molecule has 0 aliphatic carbocycles. The highest BCUT2D eigenvalue weighted by Gasteiger charge is 2.38. The van der Waals surface area contributed by atoms with E-state index in [1.54, 1.807) is 22.9 Å². The van der Waals surface area contributed by atoms with E-state index in [0.29, 0.717) is 6.42 Å². The van der Waals surface area contributed by atoms with Crippen LogP contribution in [0.2, 0.25) is 0 Å². The molecular formula is C21H23FN4O2S. The second-order valence-electron chi connectivity index (χ2n) is 7.76. The van der Waals surface area contributed by atoms with Crippen LogP contribution in [-0.4, -0.2) is 39.8 Å². The zero-order valence-electron chi connectivity index (χ0n) is 16.1. The number of fused-ring (bicyclic) bond motifs is 1. The maximum Gasteiger partial charge on any atom is 0.405 e. The molecule has 8 heteroatoms. The molecule has 4 rings (SSSR count). The lowest BCUT2D eigenvalue weighted by atomic mass is 9.76. The molecule has 0 bridgehead atoms. The van der Waals surface area contributed by atoms with Crippen LogP contribution in [0.3, 0.4) is 0 Å². The monoisotopic (exact) mass is 414 g/mol. The Kier molecular flexibility index (Phi) is 5.36. The maximum atomic E-state index is 13.4. The minimum atomic E-state index is -0.997. The molecule has 1 fully saturated rings. The second kappa shape index (κ2) is 7.94. The molecule has 29 heavy (non-hydrogen) atoms. The molecule has 1 amide bonds. The van der Waals surface area contributed by atoms with Crippen LogP contribution in [0.15, 0.2) is 42.0 Å². The van der Waals surface area contributed by atoms with Gasteiger partial charge < -0.3 is 15.3 Å². The van der Waals surface area contributed by atoms with Gasteiger partial charge in [0.2, 0.25) is 0 Å². The summed E-state index contributed by atoms with van der Waals surface area (Å²) in [7, 11) is 0. The molecule has 2 aromatic heterocycles. The lowest BCUT2D eigenvalue weighted by Gasteiger charge is -2.43. The van der Waals surface area contributed by atoms with Crippen LogP contribution in [0.1, 0.15) is 24.6 Å². The highest BCUT2D eigenvalue weighted by Crippen LogP contribution is 2.33. The molecule has 0 spiro atoms. The van der Waals surface area contributed by atoms with Crippen LogP contribution in [0.25, 0.3) is 10.9 Å². The van der Waals surface area contributed by atoms with Gasteiger partial charge in [0.1, 0.15) is 11.6 Å². The van der Waals surface area contributed by atoms with Crippen molar-refractivity contribution in [1.29, 1.82) is 0 Å². The van der Waals surface area contributed by atoms with E-state index >= 15 is 0 Å². The molecular weight excluding hydrogens is 391 g/mol. The molecule has 1 atom stereocenters. The summed E-state index contributed by atoms with van der Waals surface area (Å²) >= 11 is 1.55. The lowest BCUT2D eigenvalue weighted by molar-refractivity contribution is 0.151. The summed E-state index contributed by atoms with van der Waals surface area (Å²) in [5.74, 6) is 0.823. The zero-order chi connectivity index (χ0) is 20.4. The molecule has 1 aliphatic heterocycles. The van der Waals surface area contributed by atoms with Crippen LogP contribution in [0.5, 0.6) is 0 Å². The standard InChI is InChI=1S/C21H23FN4O2S/c1-21(25-20(27)28,11-17-12-23-13-29-17)15-6-8-26(9-7-15)19-5-2-14-10-16(22)3-4-18(14)24-19/h2-5,10,12-13,15,25H,6-9,11H2,1H3,(H,27,28). The summed E-state index contributed by atoms with van der Waals surface area (Å²) in [5.41, 5.74) is 2.00. The van der Waals surface area contributed by atoms with Gasteiger partial charge in [0.15, 0.2) is 0 Å². The van der Waals surface area contributed by atoms with E-state index in [9.17, 15) is 14.3 Å². The lowest BCUT2D eigenvalue weighted by Crippen LogP contribution is -2.55. The summed E-state index contributed by atoms with van der Waals surface area (Å²) < 4.78 is 13.4. The topological polar surface area (TPSA) is 78.3 Å². The summed E-state index contributed by atoms with van der Waals surface area (Å²) in [6.45, 7) is 3.58. The third kappa shape index (κ3) is 4.32. The number of benzene rings is 1. The van der Waals surface area contributed by atoms with Gasteiger partial charge in [-0.25, -0.2) is 14.2 Å². The first-order valence-corrected chi connectivity index (χ1v) is 10.5. The molecule has 6 nitrogen and oxygen atoms in total. The minimum absolute atomic E-state index is 0.214. The number of nitrogens with zero attached hydrogens (tertiary/aromatic N) is 3. The fourth-order valence-corrected chi connectivity index (χ4v) is 5.00. The smallest absolute Gasteiger partial charge is 0.405 e. The molecule has 2 N–H and O–H groups in total. The normalized spacial score (nSPS) is 17.2. The minimum Gasteiger partial charge on any atom is -0.465 e. The van der Waals surface area contributed by atoms with Crippen molar-refractivity contribution in [3.63, 3.8) is 0 Å². The van der Waals surface area contributed by atoms with Crippen molar-refractivity contribution in [3.05, 3.63) is 52.7 Å². The van der Waals surface area contributed by atoms with Crippen molar-refractivity contribution in [3.8, 4) is 0 Å². The van der Waals surface area contributed by atoms with E-state index in [-0.39, 0.29) is 11.7 Å². The summed E-state index contributed by atoms with van der Waals surface area (Å²) in [6, 6.07) is 8.43. The van der Waals surface area contributed by atoms with Gasteiger partial charge in [-0.05, 0) is 56.0 Å². The molecule has 152 valence electrons. The van der Waals surface area contributed by atoms with Crippen molar-refractivity contribution in [2.75, 3.05) is 18.0 Å². The molecule has 3 heterocycles. The Morgan fingerprint density at radius 3 is 2.83 bits per heavy atom. The summed E-state index contributed by atoms with van der Waals surface area (Å²) in [5, 5.41) is 12.9. The number of piperidine rings is 1. The fraction of sp³-hybridized carbons (Fsp3) is 0.381. The highest BCUT2D eigenvalue weighted by atomic mass is 32.1. The van der Waals surface area contributed by atoms with Crippen LogP contribution in [0, 0.1) is 11.7 Å². The van der Waals surface area contributed by atoms with Gasteiger partial charge in [-0.3, -0.25) is 4.98 Å². The predicted molar refractivity (Wildman–Crippen MR) is 112 cm³/mol. The Balaban J connectivity index is 1.48. The Morgan fingerprint density at radius 1 is 1.34 bits per heavy atom. The number of hydrogen-bond acceptors (Lipinski definition) is 5. The van der Waals surface area contributed by atoms with Gasteiger partial charge in [0.05, 0.1) is 11.0 Å². The Morgan fingerprint density at radius 2 is 2.14 bits per heavy atom. The molecule has 0 radical (unpaired) electrons. The molecule has 1 aliphatic rings.